The molecule has 5 heteroatoms. The van der Waals surface area contributed by atoms with Gasteiger partial charge in [-0.05, 0) is 18.4 Å². The van der Waals surface area contributed by atoms with Crippen LogP contribution in [-0.4, -0.2) is 25.7 Å². The molecule has 0 aromatic heterocycles. The van der Waals surface area contributed by atoms with E-state index in [9.17, 15) is 4.39 Å². The van der Waals surface area contributed by atoms with Crippen LogP contribution in [0.2, 0.25) is 0 Å². The Labute approximate surface area is 99.5 Å². The zero-order valence-corrected chi connectivity index (χ0v) is 10.4. The largest absolute Gasteiger partial charge is 0.495 e. The maximum Gasteiger partial charge on any atom is 0.148 e. The van der Waals surface area contributed by atoms with Crippen molar-refractivity contribution < 1.29 is 9.13 Å². The molecule has 0 atom stereocenters. The lowest BCUT2D eigenvalue weighted by molar-refractivity contribution is 0.416. The minimum Gasteiger partial charge on any atom is -0.495 e. The van der Waals surface area contributed by atoms with Gasteiger partial charge in [-0.2, -0.15) is 11.8 Å². The first-order valence-electron chi connectivity index (χ1n) is 5.05. The Morgan fingerprint density at radius 1 is 1.50 bits per heavy atom. The van der Waals surface area contributed by atoms with Gasteiger partial charge in [0.1, 0.15) is 11.6 Å². The number of halogens is 1. The minimum absolute atomic E-state index is 0.315. The van der Waals surface area contributed by atoms with E-state index in [4.69, 9.17) is 10.5 Å². The monoisotopic (exact) mass is 244 g/mol. The Kier molecular flexibility index (Phi) is 5.25. The van der Waals surface area contributed by atoms with Crippen LogP contribution >= 0.6 is 11.8 Å². The molecule has 0 unspecified atom stereocenters. The van der Waals surface area contributed by atoms with Crippen LogP contribution in [0.1, 0.15) is 6.42 Å². The van der Waals surface area contributed by atoms with Crippen molar-refractivity contribution in [3.05, 3.63) is 17.9 Å². The predicted octanol–water partition coefficient (Wildman–Crippen LogP) is 2.58. The SMILES string of the molecule is COc1cc(NCCCSC)c(F)cc1N. The molecule has 90 valence electrons. The summed E-state index contributed by atoms with van der Waals surface area (Å²) in [7, 11) is 1.51. The van der Waals surface area contributed by atoms with Crippen molar-refractivity contribution >= 4 is 23.1 Å². The average Bonchev–Trinajstić information content (AvgIpc) is 2.27. The first kappa shape index (κ1) is 13.0. The third kappa shape index (κ3) is 3.48. The fraction of sp³-hybridized carbons (Fsp3) is 0.455. The second-order valence-electron chi connectivity index (χ2n) is 3.35. The van der Waals surface area contributed by atoms with Gasteiger partial charge in [0.05, 0.1) is 18.5 Å². The Balaban J connectivity index is 2.64. The van der Waals surface area contributed by atoms with E-state index >= 15 is 0 Å². The van der Waals surface area contributed by atoms with E-state index in [1.165, 1.54) is 13.2 Å². The molecule has 0 fully saturated rings. The second kappa shape index (κ2) is 6.48. The van der Waals surface area contributed by atoms with Crippen LogP contribution < -0.4 is 15.8 Å². The van der Waals surface area contributed by atoms with Gasteiger partial charge >= 0.3 is 0 Å². The zero-order valence-electron chi connectivity index (χ0n) is 9.55. The summed E-state index contributed by atoms with van der Waals surface area (Å²) in [6.07, 6.45) is 3.04. The van der Waals surface area contributed by atoms with E-state index in [1.807, 2.05) is 6.26 Å². The molecule has 1 aromatic rings. The number of nitrogens with two attached hydrogens (primary N) is 1. The van der Waals surface area contributed by atoms with E-state index in [1.54, 1.807) is 17.8 Å². The molecule has 0 aliphatic carbocycles. The van der Waals surface area contributed by atoms with Crippen molar-refractivity contribution in [2.24, 2.45) is 0 Å². The minimum atomic E-state index is -0.345. The number of nitrogen functional groups attached to an aromatic ring is 1. The van der Waals surface area contributed by atoms with Crippen molar-refractivity contribution in [1.29, 1.82) is 0 Å². The summed E-state index contributed by atoms with van der Waals surface area (Å²) in [5.41, 5.74) is 6.33. The Hall–Kier alpha value is -1.10. The van der Waals surface area contributed by atoms with Crippen LogP contribution in [-0.2, 0) is 0 Å². The van der Waals surface area contributed by atoms with Crippen molar-refractivity contribution in [3.63, 3.8) is 0 Å². The van der Waals surface area contributed by atoms with Crippen LogP contribution in [0.3, 0.4) is 0 Å². The number of benzene rings is 1. The molecule has 1 aromatic carbocycles. The fourth-order valence-corrected chi connectivity index (χ4v) is 1.75. The normalized spacial score (nSPS) is 10.2. The maximum atomic E-state index is 13.5. The summed E-state index contributed by atoms with van der Waals surface area (Å²) >= 11 is 1.77. The Bertz CT molecular complexity index is 347. The van der Waals surface area contributed by atoms with Gasteiger partial charge in [0.25, 0.3) is 0 Å². The van der Waals surface area contributed by atoms with Crippen molar-refractivity contribution in [1.82, 2.24) is 0 Å². The van der Waals surface area contributed by atoms with E-state index in [2.05, 4.69) is 5.32 Å². The van der Waals surface area contributed by atoms with Gasteiger partial charge < -0.3 is 15.8 Å². The number of methoxy groups -OCH3 is 1. The first-order valence-corrected chi connectivity index (χ1v) is 6.44. The topological polar surface area (TPSA) is 47.3 Å². The number of anilines is 2. The third-order valence-electron chi connectivity index (χ3n) is 2.16. The van der Waals surface area contributed by atoms with Gasteiger partial charge in [-0.3, -0.25) is 0 Å². The molecule has 0 radical (unpaired) electrons. The van der Waals surface area contributed by atoms with Gasteiger partial charge in [-0.1, -0.05) is 0 Å². The highest BCUT2D eigenvalue weighted by molar-refractivity contribution is 7.98. The van der Waals surface area contributed by atoms with Crippen molar-refractivity contribution in [2.45, 2.75) is 6.42 Å². The summed E-state index contributed by atoms with van der Waals surface area (Å²) in [5.74, 6) is 1.21. The van der Waals surface area contributed by atoms with Crippen molar-refractivity contribution in [2.75, 3.05) is 36.7 Å². The van der Waals surface area contributed by atoms with Crippen LogP contribution in [0.4, 0.5) is 15.8 Å². The van der Waals surface area contributed by atoms with Gasteiger partial charge in [-0.15, -0.1) is 0 Å². The number of ether oxygens (including phenoxy) is 1. The lowest BCUT2D eigenvalue weighted by Gasteiger charge is -2.10. The Morgan fingerprint density at radius 2 is 2.25 bits per heavy atom. The summed E-state index contributed by atoms with van der Waals surface area (Å²) < 4.78 is 18.5. The van der Waals surface area contributed by atoms with Crippen LogP contribution in [0.5, 0.6) is 5.75 Å². The summed E-state index contributed by atoms with van der Waals surface area (Å²) in [4.78, 5) is 0. The molecule has 0 bridgehead atoms. The van der Waals surface area contributed by atoms with E-state index < -0.39 is 0 Å². The maximum absolute atomic E-state index is 13.5. The number of nitrogens with one attached hydrogen (secondary N) is 1. The third-order valence-corrected chi connectivity index (χ3v) is 2.86. The standard InChI is InChI=1S/C11H17FN2OS/c1-15-11-7-10(8(12)6-9(11)13)14-4-3-5-16-2/h6-7,14H,3-5,13H2,1-2H3. The van der Waals surface area contributed by atoms with Gasteiger partial charge in [0.15, 0.2) is 0 Å². The van der Waals surface area contributed by atoms with Crippen molar-refractivity contribution in [3.8, 4) is 5.75 Å². The number of thioether (sulfide) groups is 1. The van der Waals surface area contributed by atoms with Crippen LogP contribution in [0.25, 0.3) is 0 Å². The predicted molar refractivity (Wildman–Crippen MR) is 68.9 cm³/mol. The molecule has 16 heavy (non-hydrogen) atoms. The first-order chi connectivity index (χ1) is 7.69. The molecule has 1 rings (SSSR count). The summed E-state index contributed by atoms with van der Waals surface area (Å²) in [5, 5.41) is 3.03. The van der Waals surface area contributed by atoms with Gasteiger partial charge in [-0.25, -0.2) is 4.39 Å². The molecule has 3 nitrogen and oxygen atoms in total. The molecule has 0 aliphatic rings. The molecule has 0 spiro atoms. The molecular weight excluding hydrogens is 227 g/mol. The van der Waals surface area contributed by atoms with E-state index in [0.717, 1.165) is 18.7 Å². The highest BCUT2D eigenvalue weighted by Gasteiger charge is 2.07. The zero-order chi connectivity index (χ0) is 12.0. The molecule has 0 aliphatic heterocycles. The quantitative estimate of drug-likeness (QED) is 0.596. The van der Waals surface area contributed by atoms with E-state index in [0.29, 0.717) is 17.1 Å². The number of hydrogen-bond acceptors (Lipinski definition) is 4. The lowest BCUT2D eigenvalue weighted by atomic mass is 10.2. The molecule has 0 saturated carbocycles. The molecule has 0 saturated heterocycles. The van der Waals surface area contributed by atoms with E-state index in [-0.39, 0.29) is 5.82 Å². The smallest absolute Gasteiger partial charge is 0.148 e. The summed E-state index contributed by atoms with van der Waals surface area (Å²) in [6.45, 7) is 0.741. The molecule has 0 amide bonds. The van der Waals surface area contributed by atoms with Crippen LogP contribution in [0, 0.1) is 5.82 Å². The summed E-state index contributed by atoms with van der Waals surface area (Å²) in [6, 6.07) is 2.86. The number of hydrogen-bond donors (Lipinski definition) is 2. The lowest BCUT2D eigenvalue weighted by Crippen LogP contribution is -2.05. The Morgan fingerprint density at radius 3 is 2.88 bits per heavy atom. The molecule has 3 N–H and O–H groups in total. The highest BCUT2D eigenvalue weighted by Crippen LogP contribution is 2.28. The van der Waals surface area contributed by atoms with Crippen LogP contribution in [0.15, 0.2) is 12.1 Å². The molecular formula is C11H17FN2OS. The number of rotatable bonds is 6. The second-order valence-corrected chi connectivity index (χ2v) is 4.33. The van der Waals surface area contributed by atoms with Gasteiger partial charge in [0.2, 0.25) is 0 Å². The highest BCUT2D eigenvalue weighted by atomic mass is 32.2. The average molecular weight is 244 g/mol. The van der Waals surface area contributed by atoms with Gasteiger partial charge in [0, 0.05) is 18.7 Å². The fourth-order valence-electron chi connectivity index (χ4n) is 1.32. The molecule has 0 heterocycles.